The topological polar surface area (TPSA) is 84.9 Å². The van der Waals surface area contributed by atoms with Crippen molar-refractivity contribution in [3.63, 3.8) is 0 Å². The highest BCUT2D eigenvalue weighted by atomic mass is 16.5. The summed E-state index contributed by atoms with van der Waals surface area (Å²) in [7, 11) is 3.39. The average molecular weight is 427 g/mol. The molecule has 0 bridgehead atoms. The molecular formula is C23H30N4O4. The van der Waals surface area contributed by atoms with Crippen LogP contribution in [0.15, 0.2) is 30.5 Å². The van der Waals surface area contributed by atoms with Gasteiger partial charge in [0, 0.05) is 32.9 Å². The summed E-state index contributed by atoms with van der Waals surface area (Å²) in [5.41, 5.74) is 1.09. The fraction of sp³-hybridized carbons (Fsp3) is 0.478. The minimum atomic E-state index is -0.221. The number of hydrogen-bond donors (Lipinski definition) is 0. The zero-order valence-electron chi connectivity index (χ0n) is 18.6. The van der Waals surface area contributed by atoms with Crippen molar-refractivity contribution in [1.82, 2.24) is 19.8 Å². The summed E-state index contributed by atoms with van der Waals surface area (Å²) in [5.74, 6) is 1.62. The fourth-order valence-corrected chi connectivity index (χ4v) is 3.64. The van der Waals surface area contributed by atoms with Crippen molar-refractivity contribution >= 4 is 11.8 Å². The molecule has 0 unspecified atom stereocenters. The molecule has 1 aromatic heterocycles. The van der Waals surface area contributed by atoms with Gasteiger partial charge in [0.25, 0.3) is 11.8 Å². The second kappa shape index (κ2) is 10.2. The van der Waals surface area contributed by atoms with Crippen LogP contribution in [0.2, 0.25) is 0 Å². The minimum absolute atomic E-state index is 0.0672. The lowest BCUT2D eigenvalue weighted by Gasteiger charge is -2.34. The molecule has 1 saturated heterocycles. The summed E-state index contributed by atoms with van der Waals surface area (Å²) in [6.45, 7) is 4.84. The molecule has 2 aromatic rings. The first-order valence-corrected chi connectivity index (χ1v) is 10.6. The number of carbonyl (C=O) groups is 2. The van der Waals surface area contributed by atoms with Crippen molar-refractivity contribution in [2.24, 2.45) is 0 Å². The fourth-order valence-electron chi connectivity index (χ4n) is 3.64. The van der Waals surface area contributed by atoms with Crippen LogP contribution in [0.1, 0.15) is 54.1 Å². The van der Waals surface area contributed by atoms with Gasteiger partial charge in [-0.3, -0.25) is 9.59 Å². The first-order chi connectivity index (χ1) is 14.9. The van der Waals surface area contributed by atoms with E-state index >= 15 is 0 Å². The number of amides is 2. The zero-order valence-corrected chi connectivity index (χ0v) is 18.6. The van der Waals surface area contributed by atoms with E-state index in [1.807, 2.05) is 19.1 Å². The molecule has 8 nitrogen and oxygen atoms in total. The second-order valence-corrected chi connectivity index (χ2v) is 7.72. The van der Waals surface area contributed by atoms with Gasteiger partial charge >= 0.3 is 0 Å². The molecule has 0 saturated carbocycles. The Morgan fingerprint density at radius 2 is 1.94 bits per heavy atom. The van der Waals surface area contributed by atoms with Crippen molar-refractivity contribution in [2.75, 3.05) is 33.9 Å². The number of rotatable bonds is 7. The van der Waals surface area contributed by atoms with Gasteiger partial charge in [0.2, 0.25) is 0 Å². The van der Waals surface area contributed by atoms with Gasteiger partial charge in [0.15, 0.2) is 12.4 Å². The number of nitrogens with zero attached hydrogens (tertiary/aromatic N) is 4. The third-order valence-electron chi connectivity index (χ3n) is 5.23. The van der Waals surface area contributed by atoms with E-state index in [0.29, 0.717) is 41.7 Å². The number of piperidine rings is 1. The molecular weight excluding hydrogens is 396 g/mol. The number of aryl methyl sites for hydroxylation is 1. The molecule has 1 aliphatic rings. The molecule has 0 N–H and O–H groups in total. The summed E-state index contributed by atoms with van der Waals surface area (Å²) in [6.07, 6.45) is 4.27. The first-order valence-electron chi connectivity index (χ1n) is 10.6. The number of aromatic nitrogens is 2. The molecule has 3 rings (SSSR count). The van der Waals surface area contributed by atoms with Crippen LogP contribution in [0.4, 0.5) is 0 Å². The third-order valence-corrected chi connectivity index (χ3v) is 5.23. The lowest BCUT2D eigenvalue weighted by atomic mass is 10.0. The summed E-state index contributed by atoms with van der Waals surface area (Å²) >= 11 is 0. The van der Waals surface area contributed by atoms with Crippen molar-refractivity contribution in [2.45, 2.75) is 39.2 Å². The van der Waals surface area contributed by atoms with Gasteiger partial charge in [-0.2, -0.15) is 0 Å². The second-order valence-electron chi connectivity index (χ2n) is 7.72. The van der Waals surface area contributed by atoms with Crippen LogP contribution < -0.4 is 9.47 Å². The molecule has 31 heavy (non-hydrogen) atoms. The Hall–Kier alpha value is -3.16. The van der Waals surface area contributed by atoms with Gasteiger partial charge < -0.3 is 19.3 Å². The lowest BCUT2D eigenvalue weighted by molar-refractivity contribution is -0.137. The van der Waals surface area contributed by atoms with Crippen molar-refractivity contribution in [3.05, 3.63) is 47.5 Å². The molecule has 0 spiro atoms. The number of hydrogen-bond acceptors (Lipinski definition) is 6. The molecule has 166 valence electrons. The average Bonchev–Trinajstić information content (AvgIpc) is 2.77. The van der Waals surface area contributed by atoms with Crippen LogP contribution in [-0.2, 0) is 4.79 Å². The quantitative estimate of drug-likeness (QED) is 0.677. The smallest absolute Gasteiger partial charge is 0.261 e. The van der Waals surface area contributed by atoms with Crippen LogP contribution in [0.5, 0.6) is 11.5 Å². The van der Waals surface area contributed by atoms with E-state index in [1.54, 1.807) is 44.2 Å². The van der Waals surface area contributed by atoms with E-state index in [9.17, 15) is 9.59 Å². The van der Waals surface area contributed by atoms with Crippen molar-refractivity contribution in [3.8, 4) is 11.5 Å². The van der Waals surface area contributed by atoms with Gasteiger partial charge in [-0.1, -0.05) is 6.07 Å². The Morgan fingerprint density at radius 1 is 1.19 bits per heavy atom. The van der Waals surface area contributed by atoms with Crippen molar-refractivity contribution in [1.29, 1.82) is 0 Å². The highest BCUT2D eigenvalue weighted by Crippen LogP contribution is 2.29. The number of carbonyl (C=O) groups excluding carboxylic acids is 2. The molecule has 1 aliphatic heterocycles. The summed E-state index contributed by atoms with van der Waals surface area (Å²) in [6, 6.07) is 7.04. The Balaban J connectivity index is 1.71. The van der Waals surface area contributed by atoms with E-state index in [1.165, 1.54) is 4.90 Å². The van der Waals surface area contributed by atoms with Gasteiger partial charge in [0.05, 0.1) is 23.9 Å². The zero-order chi connectivity index (χ0) is 22.4. The highest BCUT2D eigenvalue weighted by molar-refractivity contribution is 5.94. The standard InChI is InChI=1S/C23H30N4O4/c1-5-30-17-9-8-10-18(13-17)31-15-21(28)27-12-7-6-11-20(27)22-24-14-19(16(2)25-22)23(29)26(3)4/h8-10,13-14,20H,5-7,11-12,15H2,1-4H3/t20-/m1/s1. The normalized spacial score (nSPS) is 16.0. The molecule has 2 heterocycles. The Labute approximate surface area is 183 Å². The molecule has 8 heteroatoms. The van der Waals surface area contributed by atoms with E-state index in [0.717, 1.165) is 19.3 Å². The molecule has 2 amide bonds. The number of likely N-dealkylation sites (tertiary alicyclic amines) is 1. The summed E-state index contributed by atoms with van der Waals surface area (Å²) in [4.78, 5) is 37.5. The van der Waals surface area contributed by atoms with Crippen LogP contribution in [-0.4, -0.2) is 65.4 Å². The molecule has 0 radical (unpaired) electrons. The molecule has 1 aromatic carbocycles. The summed E-state index contributed by atoms with van der Waals surface area (Å²) < 4.78 is 11.2. The van der Waals surface area contributed by atoms with E-state index in [2.05, 4.69) is 9.97 Å². The van der Waals surface area contributed by atoms with Crippen LogP contribution >= 0.6 is 0 Å². The lowest BCUT2D eigenvalue weighted by Crippen LogP contribution is -2.42. The number of benzene rings is 1. The van der Waals surface area contributed by atoms with E-state index in [4.69, 9.17) is 9.47 Å². The molecule has 0 aliphatic carbocycles. The van der Waals surface area contributed by atoms with Crippen LogP contribution in [0, 0.1) is 6.92 Å². The maximum Gasteiger partial charge on any atom is 0.261 e. The minimum Gasteiger partial charge on any atom is -0.494 e. The van der Waals surface area contributed by atoms with E-state index < -0.39 is 0 Å². The van der Waals surface area contributed by atoms with E-state index in [-0.39, 0.29) is 24.5 Å². The maximum atomic E-state index is 13.0. The highest BCUT2D eigenvalue weighted by Gasteiger charge is 2.31. The Kier molecular flexibility index (Phi) is 7.44. The monoisotopic (exact) mass is 426 g/mol. The number of ether oxygens (including phenoxy) is 2. The summed E-state index contributed by atoms with van der Waals surface area (Å²) in [5, 5.41) is 0. The Morgan fingerprint density at radius 3 is 2.61 bits per heavy atom. The Bertz CT molecular complexity index is 932. The third kappa shape index (κ3) is 5.51. The predicted octanol–water partition coefficient (Wildman–Crippen LogP) is 3.02. The SMILES string of the molecule is CCOc1cccc(OCC(=O)N2CCCC[C@@H]2c2ncc(C(=O)N(C)C)c(C)n2)c1. The van der Waals surface area contributed by atoms with Gasteiger partial charge in [-0.05, 0) is 45.2 Å². The maximum absolute atomic E-state index is 13.0. The van der Waals surface area contributed by atoms with Gasteiger partial charge in [-0.15, -0.1) is 0 Å². The van der Waals surface area contributed by atoms with Crippen LogP contribution in [0.3, 0.4) is 0 Å². The first kappa shape index (κ1) is 22.5. The van der Waals surface area contributed by atoms with Gasteiger partial charge in [-0.25, -0.2) is 9.97 Å². The molecule has 1 fully saturated rings. The van der Waals surface area contributed by atoms with Crippen molar-refractivity contribution < 1.29 is 19.1 Å². The van der Waals surface area contributed by atoms with Crippen LogP contribution in [0.25, 0.3) is 0 Å². The molecule has 1 atom stereocenters. The largest absolute Gasteiger partial charge is 0.494 e. The van der Waals surface area contributed by atoms with Gasteiger partial charge in [0.1, 0.15) is 11.5 Å². The predicted molar refractivity (Wildman–Crippen MR) is 116 cm³/mol.